The van der Waals surface area contributed by atoms with Crippen molar-refractivity contribution in [2.24, 2.45) is 0 Å². The highest BCUT2D eigenvalue weighted by Gasteiger charge is 2.29. The van der Waals surface area contributed by atoms with Gasteiger partial charge in [0.15, 0.2) is 0 Å². The summed E-state index contributed by atoms with van der Waals surface area (Å²) in [4.78, 5) is 36.1. The molecule has 1 aliphatic carbocycles. The first kappa shape index (κ1) is 24.0. The zero-order chi connectivity index (χ0) is 23.8. The Bertz CT molecular complexity index is 974. The van der Waals surface area contributed by atoms with Gasteiger partial charge in [-0.3, -0.25) is 4.79 Å². The number of benzene rings is 2. The van der Waals surface area contributed by atoms with Crippen LogP contribution in [-0.4, -0.2) is 41.8 Å². The van der Waals surface area contributed by atoms with Gasteiger partial charge in [-0.2, -0.15) is 0 Å². The number of carbonyl (C=O) groups excluding carboxylic acids is 2. The molecule has 2 aromatic rings. The summed E-state index contributed by atoms with van der Waals surface area (Å²) in [7, 11) is 0. The van der Waals surface area contributed by atoms with Crippen LogP contribution in [-0.2, 0) is 14.3 Å². The Morgan fingerprint density at radius 2 is 1.67 bits per heavy atom. The van der Waals surface area contributed by atoms with E-state index in [9.17, 15) is 19.5 Å². The van der Waals surface area contributed by atoms with Crippen molar-refractivity contribution in [3.05, 3.63) is 72.3 Å². The minimum absolute atomic E-state index is 0.0288. The zero-order valence-corrected chi connectivity index (χ0v) is 18.8. The summed E-state index contributed by atoms with van der Waals surface area (Å²) < 4.78 is 5.57. The fraction of sp³-hybridized carbons (Fsp3) is 0.346. The monoisotopic (exact) mass is 450 g/mol. The molecule has 7 heteroatoms. The molecule has 2 atom stereocenters. The summed E-state index contributed by atoms with van der Waals surface area (Å²) >= 11 is 0. The molecular formula is C26H30N2O5. The van der Waals surface area contributed by atoms with Crippen LogP contribution in [0.4, 0.5) is 4.79 Å². The Balaban J connectivity index is 1.59. The van der Waals surface area contributed by atoms with Crippen LogP contribution in [0.1, 0.15) is 49.7 Å². The maximum absolute atomic E-state index is 12.6. The molecule has 3 N–H and O–H groups in total. The number of alkyl carbamates (subject to hydrolysis) is 1. The quantitative estimate of drug-likeness (QED) is 0.445. The maximum atomic E-state index is 12.6. The molecule has 1 unspecified atom stereocenters. The lowest BCUT2D eigenvalue weighted by Gasteiger charge is -2.20. The van der Waals surface area contributed by atoms with Crippen molar-refractivity contribution in [1.82, 2.24) is 10.6 Å². The smallest absolute Gasteiger partial charge is 0.407 e. The van der Waals surface area contributed by atoms with E-state index in [1.165, 1.54) is 6.08 Å². The summed E-state index contributed by atoms with van der Waals surface area (Å²) in [6, 6.07) is 14.7. The lowest BCUT2D eigenvalue weighted by atomic mass is 9.98. The van der Waals surface area contributed by atoms with Crippen molar-refractivity contribution < 1.29 is 24.2 Å². The average molecular weight is 451 g/mol. The second-order valence-corrected chi connectivity index (χ2v) is 8.14. The molecule has 0 aliphatic heterocycles. The van der Waals surface area contributed by atoms with E-state index in [0.29, 0.717) is 6.42 Å². The number of ether oxygens (including phenoxy) is 1. The number of aliphatic carboxylic acids is 1. The minimum atomic E-state index is -1.13. The van der Waals surface area contributed by atoms with Crippen molar-refractivity contribution in [2.45, 2.75) is 50.6 Å². The minimum Gasteiger partial charge on any atom is -0.480 e. The Labute approximate surface area is 193 Å². The maximum Gasteiger partial charge on any atom is 0.407 e. The SMILES string of the molecule is C=CCC(NC(=O)C[C@H](CCC)NC(=O)OCC1c2ccccc2-c2ccccc21)C(=O)O. The molecule has 1 aliphatic rings. The van der Waals surface area contributed by atoms with E-state index in [-0.39, 0.29) is 25.4 Å². The molecule has 3 rings (SSSR count). The summed E-state index contributed by atoms with van der Waals surface area (Å²) in [5.41, 5.74) is 4.54. The van der Waals surface area contributed by atoms with Crippen LogP contribution >= 0.6 is 0 Å². The first-order valence-corrected chi connectivity index (χ1v) is 11.2. The summed E-state index contributed by atoms with van der Waals surface area (Å²) in [6.45, 7) is 5.65. The number of amides is 2. The highest BCUT2D eigenvalue weighted by molar-refractivity contribution is 5.84. The zero-order valence-electron chi connectivity index (χ0n) is 18.8. The largest absolute Gasteiger partial charge is 0.480 e. The summed E-state index contributed by atoms with van der Waals surface area (Å²) in [5, 5.41) is 14.4. The van der Waals surface area contributed by atoms with Gasteiger partial charge in [-0.05, 0) is 35.1 Å². The third kappa shape index (κ3) is 6.00. The van der Waals surface area contributed by atoms with Crippen molar-refractivity contribution in [3.8, 4) is 11.1 Å². The molecule has 0 aromatic heterocycles. The Kier molecular flexibility index (Phi) is 8.24. The van der Waals surface area contributed by atoms with E-state index in [0.717, 1.165) is 28.7 Å². The van der Waals surface area contributed by atoms with Crippen molar-refractivity contribution >= 4 is 18.0 Å². The molecule has 174 valence electrons. The molecule has 0 saturated heterocycles. The van der Waals surface area contributed by atoms with Crippen LogP contribution in [0.5, 0.6) is 0 Å². The molecule has 33 heavy (non-hydrogen) atoms. The second-order valence-electron chi connectivity index (χ2n) is 8.14. The topological polar surface area (TPSA) is 105 Å². The van der Waals surface area contributed by atoms with Crippen LogP contribution in [0.2, 0.25) is 0 Å². The van der Waals surface area contributed by atoms with Gasteiger partial charge in [0.05, 0.1) is 0 Å². The van der Waals surface area contributed by atoms with Crippen molar-refractivity contribution in [1.29, 1.82) is 0 Å². The summed E-state index contributed by atoms with van der Waals surface area (Å²) in [5.74, 6) is -1.62. The van der Waals surface area contributed by atoms with Crippen LogP contribution in [0.25, 0.3) is 11.1 Å². The number of nitrogens with one attached hydrogen (secondary N) is 2. The second kappa shape index (κ2) is 11.3. The predicted molar refractivity (Wildman–Crippen MR) is 126 cm³/mol. The normalized spacial score (nSPS) is 13.8. The van der Waals surface area contributed by atoms with E-state index in [4.69, 9.17) is 4.74 Å². The van der Waals surface area contributed by atoms with Crippen LogP contribution in [0, 0.1) is 0 Å². The molecule has 2 amide bonds. The van der Waals surface area contributed by atoms with Gasteiger partial charge >= 0.3 is 12.1 Å². The molecule has 0 radical (unpaired) electrons. The van der Waals surface area contributed by atoms with Crippen molar-refractivity contribution in [3.63, 3.8) is 0 Å². The van der Waals surface area contributed by atoms with Crippen LogP contribution in [0.3, 0.4) is 0 Å². The lowest BCUT2D eigenvalue weighted by Crippen LogP contribution is -2.44. The standard InChI is InChI=1S/C26H30N2O5/c1-3-9-17(15-24(29)28-23(10-4-2)25(30)31)27-26(32)33-16-22-20-13-7-5-11-18(20)19-12-6-8-14-21(19)22/h4-8,11-14,17,22-23H,2-3,9-10,15-16H2,1H3,(H,27,32)(H,28,29)(H,30,31)/t17-,23?/m0/s1. The molecule has 0 spiro atoms. The fourth-order valence-electron chi connectivity index (χ4n) is 4.25. The number of rotatable bonds is 11. The molecule has 0 bridgehead atoms. The van der Waals surface area contributed by atoms with Crippen molar-refractivity contribution in [2.75, 3.05) is 6.61 Å². The number of carbonyl (C=O) groups is 3. The molecule has 0 saturated carbocycles. The van der Waals surface area contributed by atoms with Gasteiger partial charge in [-0.25, -0.2) is 9.59 Å². The van der Waals surface area contributed by atoms with Gasteiger partial charge in [0.2, 0.25) is 5.91 Å². The van der Waals surface area contributed by atoms with Crippen LogP contribution in [0.15, 0.2) is 61.2 Å². The number of carboxylic acids is 1. The van der Waals surface area contributed by atoms with E-state index in [2.05, 4.69) is 29.3 Å². The highest BCUT2D eigenvalue weighted by Crippen LogP contribution is 2.44. The number of hydrogen-bond donors (Lipinski definition) is 3. The highest BCUT2D eigenvalue weighted by atomic mass is 16.5. The van der Waals surface area contributed by atoms with E-state index in [1.54, 1.807) is 0 Å². The Hall–Kier alpha value is -3.61. The molecule has 0 heterocycles. The number of fused-ring (bicyclic) bond motifs is 3. The van der Waals surface area contributed by atoms with E-state index in [1.807, 2.05) is 43.3 Å². The van der Waals surface area contributed by atoms with Gasteiger partial charge in [-0.15, -0.1) is 6.58 Å². The molecule has 2 aromatic carbocycles. The Morgan fingerprint density at radius 1 is 1.06 bits per heavy atom. The lowest BCUT2D eigenvalue weighted by molar-refractivity contribution is -0.141. The van der Waals surface area contributed by atoms with Gasteiger partial charge in [0.1, 0.15) is 12.6 Å². The number of carboxylic acid groups (broad SMARTS) is 1. The first-order chi connectivity index (χ1) is 15.9. The third-order valence-electron chi connectivity index (χ3n) is 5.77. The van der Waals surface area contributed by atoms with Gasteiger partial charge in [-0.1, -0.05) is 68.0 Å². The molecule has 0 fully saturated rings. The molecule has 7 nitrogen and oxygen atoms in total. The van der Waals surface area contributed by atoms with Gasteiger partial charge in [0.25, 0.3) is 0 Å². The fourth-order valence-corrected chi connectivity index (χ4v) is 4.25. The molecular weight excluding hydrogens is 420 g/mol. The first-order valence-electron chi connectivity index (χ1n) is 11.2. The van der Waals surface area contributed by atoms with E-state index >= 15 is 0 Å². The predicted octanol–water partition coefficient (Wildman–Crippen LogP) is 4.23. The third-order valence-corrected chi connectivity index (χ3v) is 5.77. The Morgan fingerprint density at radius 3 is 2.21 bits per heavy atom. The summed E-state index contributed by atoms with van der Waals surface area (Å²) in [6.07, 6.45) is 2.26. The van der Waals surface area contributed by atoms with Gasteiger partial charge in [0, 0.05) is 18.4 Å². The average Bonchev–Trinajstić information content (AvgIpc) is 3.11. The van der Waals surface area contributed by atoms with Gasteiger partial charge < -0.3 is 20.5 Å². The number of hydrogen-bond acceptors (Lipinski definition) is 4. The van der Waals surface area contributed by atoms with E-state index < -0.39 is 30.1 Å². The van der Waals surface area contributed by atoms with Crippen LogP contribution < -0.4 is 10.6 Å².